The monoisotopic (exact) mass is 553 g/mol. The minimum atomic E-state index is -0.789. The summed E-state index contributed by atoms with van der Waals surface area (Å²) < 4.78 is 19.1. The molecule has 5 rings (SSSR count). The van der Waals surface area contributed by atoms with Crippen LogP contribution < -0.4 is 20.3 Å². The van der Waals surface area contributed by atoms with Gasteiger partial charge >= 0.3 is 6.01 Å². The molecule has 2 fully saturated rings. The summed E-state index contributed by atoms with van der Waals surface area (Å²) in [6.45, 7) is 5.34. The Morgan fingerprint density at radius 2 is 1.92 bits per heavy atom. The highest BCUT2D eigenvalue weighted by Crippen LogP contribution is 2.27. The number of carbonyl (C=O) groups excluding carboxylic acids is 2. The van der Waals surface area contributed by atoms with Gasteiger partial charge in [-0.25, -0.2) is 19.3 Å². The number of hydrogen-bond acceptors (Lipinski definition) is 9. The Hall–Kier alpha value is -3.64. The quantitative estimate of drug-likeness (QED) is 0.392. The number of rotatable bonds is 10. The number of halogens is 1. The fourth-order valence-electron chi connectivity index (χ4n) is 4.57. The van der Waals surface area contributed by atoms with Crippen LogP contribution in [-0.4, -0.2) is 76.7 Å². The van der Waals surface area contributed by atoms with Crippen molar-refractivity contribution in [1.29, 1.82) is 0 Å². The van der Waals surface area contributed by atoms with Crippen molar-refractivity contribution in [2.45, 2.75) is 45.0 Å². The molecule has 4 heterocycles. The fourth-order valence-corrected chi connectivity index (χ4v) is 5.43. The van der Waals surface area contributed by atoms with Gasteiger partial charge in [-0.3, -0.25) is 14.5 Å². The standard InChI is InChI=1S/C27H32FN7O3S/c1-2-8-29-24(36)21-13-18(14-34-15-19(28)16-34)4-5-22(21)32-25(37)23-17-39-27(33-23)35-11-6-20(7-12-35)38-26-30-9-3-10-31-26/h3-5,9-10,13,17,19-20H,2,6-8,11-12,14-16H2,1H3,(H,29,36)(H,32,37). The number of benzene rings is 1. The fraction of sp³-hybridized carbons (Fsp3) is 0.444. The third-order valence-electron chi connectivity index (χ3n) is 6.68. The van der Waals surface area contributed by atoms with E-state index in [9.17, 15) is 14.0 Å². The maximum absolute atomic E-state index is 13.2. The number of carbonyl (C=O) groups is 2. The first-order valence-electron chi connectivity index (χ1n) is 13.2. The zero-order chi connectivity index (χ0) is 27.2. The Morgan fingerprint density at radius 1 is 1.15 bits per heavy atom. The number of piperidine rings is 1. The summed E-state index contributed by atoms with van der Waals surface area (Å²) in [5.74, 6) is -0.636. The second kappa shape index (κ2) is 12.5. The maximum Gasteiger partial charge on any atom is 0.316 e. The van der Waals surface area contributed by atoms with Crippen molar-refractivity contribution in [3.8, 4) is 6.01 Å². The smallest absolute Gasteiger partial charge is 0.316 e. The average molecular weight is 554 g/mol. The van der Waals surface area contributed by atoms with Crippen molar-refractivity contribution in [3.05, 3.63) is 58.9 Å². The molecule has 0 spiro atoms. The molecule has 0 unspecified atom stereocenters. The minimum absolute atomic E-state index is 0.0334. The predicted molar refractivity (Wildman–Crippen MR) is 147 cm³/mol. The summed E-state index contributed by atoms with van der Waals surface area (Å²) in [7, 11) is 0. The van der Waals surface area contributed by atoms with Gasteiger partial charge in [-0.1, -0.05) is 13.0 Å². The van der Waals surface area contributed by atoms with Gasteiger partial charge in [-0.15, -0.1) is 11.3 Å². The van der Waals surface area contributed by atoms with Crippen molar-refractivity contribution < 1.29 is 18.7 Å². The Bertz CT molecular complexity index is 1280. The third kappa shape index (κ3) is 6.87. The largest absolute Gasteiger partial charge is 0.460 e. The van der Waals surface area contributed by atoms with Gasteiger partial charge in [-0.05, 0) is 30.2 Å². The van der Waals surface area contributed by atoms with Crippen LogP contribution in [0.3, 0.4) is 0 Å². The molecule has 0 atom stereocenters. The zero-order valence-corrected chi connectivity index (χ0v) is 22.6. The first-order chi connectivity index (χ1) is 19.0. The van der Waals surface area contributed by atoms with Crippen LogP contribution in [0.15, 0.2) is 42.0 Å². The summed E-state index contributed by atoms with van der Waals surface area (Å²) in [5, 5.41) is 8.25. The van der Waals surface area contributed by atoms with E-state index in [1.807, 2.05) is 17.9 Å². The normalized spacial score (nSPS) is 16.5. The number of hydrogen-bond donors (Lipinski definition) is 2. The van der Waals surface area contributed by atoms with E-state index >= 15 is 0 Å². The lowest BCUT2D eigenvalue weighted by atomic mass is 10.0. The number of anilines is 2. The number of amides is 2. The van der Waals surface area contributed by atoms with Crippen LogP contribution in [0.5, 0.6) is 6.01 Å². The lowest BCUT2D eigenvalue weighted by Gasteiger charge is -2.34. The second-order valence-corrected chi connectivity index (χ2v) is 10.6. The number of nitrogens with one attached hydrogen (secondary N) is 2. The van der Waals surface area contributed by atoms with Crippen LogP contribution in [0.1, 0.15) is 52.6 Å². The molecule has 39 heavy (non-hydrogen) atoms. The number of nitrogens with zero attached hydrogens (tertiary/aromatic N) is 5. The van der Waals surface area contributed by atoms with E-state index in [0.29, 0.717) is 49.1 Å². The summed E-state index contributed by atoms with van der Waals surface area (Å²) in [6.07, 6.45) is 4.95. The molecular formula is C27H32FN7O3S. The van der Waals surface area contributed by atoms with Crippen LogP contribution in [-0.2, 0) is 6.54 Å². The zero-order valence-electron chi connectivity index (χ0n) is 21.8. The number of likely N-dealkylation sites (tertiary alicyclic amines) is 1. The Labute approximate surface area is 230 Å². The molecular weight excluding hydrogens is 521 g/mol. The first kappa shape index (κ1) is 26.9. The molecule has 1 aromatic carbocycles. The molecule has 2 saturated heterocycles. The van der Waals surface area contributed by atoms with Gasteiger partial charge < -0.3 is 20.3 Å². The van der Waals surface area contributed by atoms with Gasteiger partial charge in [0.25, 0.3) is 11.8 Å². The number of aromatic nitrogens is 3. The number of thiazole rings is 1. The second-order valence-electron chi connectivity index (χ2n) is 9.73. The van der Waals surface area contributed by atoms with Crippen molar-refractivity contribution in [3.63, 3.8) is 0 Å². The molecule has 3 aromatic rings. The molecule has 2 aliphatic rings. The van der Waals surface area contributed by atoms with E-state index in [4.69, 9.17) is 4.74 Å². The van der Waals surface area contributed by atoms with Gasteiger partial charge in [0.05, 0.1) is 11.3 Å². The molecule has 12 heteroatoms. The van der Waals surface area contributed by atoms with E-state index < -0.39 is 6.17 Å². The molecule has 10 nitrogen and oxygen atoms in total. The third-order valence-corrected chi connectivity index (χ3v) is 7.58. The Kier molecular flexibility index (Phi) is 8.62. The summed E-state index contributed by atoms with van der Waals surface area (Å²) in [4.78, 5) is 42.9. The molecule has 0 radical (unpaired) electrons. The molecule has 2 aromatic heterocycles. The lowest BCUT2D eigenvalue weighted by molar-refractivity contribution is 0.0590. The Balaban J connectivity index is 1.21. The first-order valence-corrected chi connectivity index (χ1v) is 14.1. The molecule has 2 N–H and O–H groups in total. The maximum atomic E-state index is 13.2. The van der Waals surface area contributed by atoms with E-state index in [2.05, 4.69) is 30.5 Å². The van der Waals surface area contributed by atoms with Crippen LogP contribution in [0.2, 0.25) is 0 Å². The van der Waals surface area contributed by atoms with E-state index in [0.717, 1.165) is 43.0 Å². The van der Waals surface area contributed by atoms with Crippen molar-refractivity contribution in [1.82, 2.24) is 25.2 Å². The van der Waals surface area contributed by atoms with Crippen LogP contribution in [0.4, 0.5) is 15.2 Å². The average Bonchev–Trinajstić information content (AvgIpc) is 3.43. The van der Waals surface area contributed by atoms with Crippen molar-refractivity contribution >= 4 is 34.0 Å². The highest BCUT2D eigenvalue weighted by atomic mass is 32.1. The molecule has 2 aliphatic heterocycles. The highest BCUT2D eigenvalue weighted by molar-refractivity contribution is 7.14. The van der Waals surface area contributed by atoms with E-state index in [1.54, 1.807) is 36.0 Å². The van der Waals surface area contributed by atoms with Crippen molar-refractivity contribution in [2.24, 2.45) is 0 Å². The molecule has 2 amide bonds. The van der Waals surface area contributed by atoms with Crippen LogP contribution in [0.25, 0.3) is 0 Å². The molecule has 0 aliphatic carbocycles. The summed E-state index contributed by atoms with van der Waals surface area (Å²) in [6, 6.07) is 7.49. The van der Waals surface area contributed by atoms with Crippen LogP contribution >= 0.6 is 11.3 Å². The summed E-state index contributed by atoms with van der Waals surface area (Å²) >= 11 is 1.41. The SMILES string of the molecule is CCCNC(=O)c1cc(CN2CC(F)C2)ccc1NC(=O)c1csc(N2CCC(Oc3ncccn3)CC2)n1. The van der Waals surface area contributed by atoms with Gasteiger partial charge in [0.15, 0.2) is 5.13 Å². The van der Waals surface area contributed by atoms with Gasteiger partial charge in [0.2, 0.25) is 0 Å². The number of alkyl halides is 1. The molecule has 0 bridgehead atoms. The number of ether oxygens (including phenoxy) is 1. The van der Waals surface area contributed by atoms with Crippen molar-refractivity contribution in [2.75, 3.05) is 42.9 Å². The van der Waals surface area contributed by atoms with E-state index in [1.165, 1.54) is 11.3 Å². The lowest BCUT2D eigenvalue weighted by Crippen LogP contribution is -2.47. The van der Waals surface area contributed by atoms with E-state index in [-0.39, 0.29) is 17.9 Å². The summed E-state index contributed by atoms with van der Waals surface area (Å²) in [5.41, 5.74) is 1.99. The highest BCUT2D eigenvalue weighted by Gasteiger charge is 2.27. The minimum Gasteiger partial charge on any atom is -0.460 e. The van der Waals surface area contributed by atoms with Crippen LogP contribution in [0, 0.1) is 0 Å². The predicted octanol–water partition coefficient (Wildman–Crippen LogP) is 3.53. The van der Waals surface area contributed by atoms with Gasteiger partial charge in [0, 0.05) is 69.9 Å². The molecule has 206 valence electrons. The van der Waals surface area contributed by atoms with Gasteiger partial charge in [0.1, 0.15) is 18.0 Å². The van der Waals surface area contributed by atoms with Gasteiger partial charge in [-0.2, -0.15) is 0 Å². The molecule has 0 saturated carbocycles. The Morgan fingerprint density at radius 3 is 2.64 bits per heavy atom. The topological polar surface area (TPSA) is 113 Å².